The lowest BCUT2D eigenvalue weighted by atomic mass is 9.84. The van der Waals surface area contributed by atoms with Crippen molar-refractivity contribution in [2.24, 2.45) is 11.3 Å². The van der Waals surface area contributed by atoms with Crippen molar-refractivity contribution in [2.75, 3.05) is 6.61 Å². The molecule has 1 aliphatic carbocycles. The molecule has 3 N–H and O–H groups in total. The average molecular weight is 467 g/mol. The van der Waals surface area contributed by atoms with Crippen LogP contribution in [-0.4, -0.2) is 41.8 Å². The van der Waals surface area contributed by atoms with E-state index in [2.05, 4.69) is 22.8 Å². The van der Waals surface area contributed by atoms with E-state index in [4.69, 9.17) is 4.74 Å². The maximum Gasteiger partial charge on any atom is 0.407 e. The van der Waals surface area contributed by atoms with Gasteiger partial charge in [-0.3, -0.25) is 9.59 Å². The summed E-state index contributed by atoms with van der Waals surface area (Å²) < 4.78 is 5.58. The van der Waals surface area contributed by atoms with Gasteiger partial charge in [0, 0.05) is 12.0 Å². The van der Waals surface area contributed by atoms with Crippen LogP contribution in [-0.2, 0) is 14.3 Å². The minimum Gasteiger partial charge on any atom is -0.481 e. The number of carbonyl (C=O) groups excluding carboxylic acids is 2. The van der Waals surface area contributed by atoms with Gasteiger partial charge < -0.3 is 20.5 Å². The molecule has 0 heterocycles. The van der Waals surface area contributed by atoms with E-state index >= 15 is 0 Å². The van der Waals surface area contributed by atoms with Crippen molar-refractivity contribution in [3.05, 3.63) is 59.7 Å². The molecule has 1 aliphatic rings. The summed E-state index contributed by atoms with van der Waals surface area (Å²) in [6.45, 7) is 9.38. The summed E-state index contributed by atoms with van der Waals surface area (Å²) in [6, 6.07) is 14.7. The zero-order valence-corrected chi connectivity index (χ0v) is 20.4. The van der Waals surface area contributed by atoms with E-state index in [1.807, 2.05) is 71.0 Å². The lowest BCUT2D eigenvalue weighted by molar-refractivity contribution is -0.138. The zero-order valence-electron chi connectivity index (χ0n) is 20.4. The number of hydrogen-bond donors (Lipinski definition) is 3. The molecule has 1 unspecified atom stereocenters. The van der Waals surface area contributed by atoms with Gasteiger partial charge in [0.05, 0.1) is 6.42 Å². The van der Waals surface area contributed by atoms with Gasteiger partial charge in [0.25, 0.3) is 0 Å². The molecule has 2 aromatic carbocycles. The molecule has 0 saturated carbocycles. The number of carboxylic acids is 1. The summed E-state index contributed by atoms with van der Waals surface area (Å²) in [5.74, 6) is -1.72. The van der Waals surface area contributed by atoms with Gasteiger partial charge in [-0.05, 0) is 33.6 Å². The molecule has 2 amide bonds. The minimum atomic E-state index is -0.995. The fourth-order valence-electron chi connectivity index (χ4n) is 4.31. The number of aliphatic carboxylic acids is 1. The molecule has 0 fully saturated rings. The van der Waals surface area contributed by atoms with Crippen LogP contribution in [0.4, 0.5) is 4.79 Å². The number of fused-ring (bicyclic) bond motifs is 3. The predicted octanol–water partition coefficient (Wildman–Crippen LogP) is 4.56. The third-order valence-corrected chi connectivity index (χ3v) is 6.31. The Balaban J connectivity index is 1.67. The van der Waals surface area contributed by atoms with Crippen LogP contribution in [0.2, 0.25) is 0 Å². The van der Waals surface area contributed by atoms with E-state index < -0.39 is 35.5 Å². The van der Waals surface area contributed by atoms with Crippen LogP contribution >= 0.6 is 0 Å². The predicted molar refractivity (Wildman–Crippen MR) is 130 cm³/mol. The van der Waals surface area contributed by atoms with Crippen molar-refractivity contribution in [1.82, 2.24) is 10.6 Å². The summed E-state index contributed by atoms with van der Waals surface area (Å²) in [6.07, 6.45) is -0.883. The van der Waals surface area contributed by atoms with Gasteiger partial charge >= 0.3 is 12.1 Å². The highest BCUT2D eigenvalue weighted by atomic mass is 16.5. The maximum absolute atomic E-state index is 13.0. The first-order chi connectivity index (χ1) is 16.0. The monoisotopic (exact) mass is 466 g/mol. The summed E-state index contributed by atoms with van der Waals surface area (Å²) in [5, 5.41) is 14.7. The molecule has 7 heteroatoms. The molecule has 2 aromatic rings. The molecule has 0 saturated heterocycles. The van der Waals surface area contributed by atoms with Crippen molar-refractivity contribution in [3.8, 4) is 11.1 Å². The standard InChI is InChI=1S/C27H34N2O5/c1-16(2)24(25(32)28-22(14-23(30)31)27(3,4)5)29-26(33)34-15-21-19-12-8-6-10-17(19)18-11-7-9-13-20(18)21/h6-13,16,21-22,24H,14-15H2,1-5H3,(H,28,32)(H,29,33)(H,30,31)/t22?,24-/m1/s1. The fraction of sp³-hybridized carbons (Fsp3) is 0.444. The van der Waals surface area contributed by atoms with Gasteiger partial charge in [-0.25, -0.2) is 4.79 Å². The smallest absolute Gasteiger partial charge is 0.407 e. The first-order valence-corrected chi connectivity index (χ1v) is 11.6. The summed E-state index contributed by atoms with van der Waals surface area (Å²) in [5.41, 5.74) is 4.03. The Labute approximate surface area is 200 Å². The number of alkyl carbamates (subject to hydrolysis) is 1. The van der Waals surface area contributed by atoms with Crippen molar-refractivity contribution < 1.29 is 24.2 Å². The quantitative estimate of drug-likeness (QED) is 0.529. The molecule has 0 spiro atoms. The molecule has 0 aromatic heterocycles. The fourth-order valence-corrected chi connectivity index (χ4v) is 4.31. The van der Waals surface area contributed by atoms with Crippen molar-refractivity contribution in [1.29, 1.82) is 0 Å². The average Bonchev–Trinajstić information content (AvgIpc) is 3.08. The normalized spacial score (nSPS) is 14.6. The highest BCUT2D eigenvalue weighted by Gasteiger charge is 2.33. The Hall–Kier alpha value is -3.35. The molecule has 0 aliphatic heterocycles. The summed E-state index contributed by atoms with van der Waals surface area (Å²) in [7, 11) is 0. The molecule has 0 radical (unpaired) electrons. The van der Waals surface area contributed by atoms with Crippen molar-refractivity contribution in [2.45, 2.75) is 59.0 Å². The second-order valence-corrected chi connectivity index (χ2v) is 10.2. The van der Waals surface area contributed by atoms with Gasteiger partial charge in [0.2, 0.25) is 5.91 Å². The third-order valence-electron chi connectivity index (χ3n) is 6.31. The molecule has 182 valence electrons. The number of rotatable bonds is 8. The second-order valence-electron chi connectivity index (χ2n) is 10.2. The number of nitrogens with one attached hydrogen (secondary N) is 2. The third kappa shape index (κ3) is 5.76. The van der Waals surface area contributed by atoms with Crippen LogP contribution in [0.15, 0.2) is 48.5 Å². The Bertz CT molecular complexity index is 1010. The van der Waals surface area contributed by atoms with Crippen LogP contribution in [0.25, 0.3) is 11.1 Å². The first kappa shape index (κ1) is 25.3. The van der Waals surface area contributed by atoms with E-state index in [0.717, 1.165) is 22.3 Å². The Kier molecular flexibility index (Phi) is 7.64. The van der Waals surface area contributed by atoms with Crippen LogP contribution < -0.4 is 10.6 Å². The summed E-state index contributed by atoms with van der Waals surface area (Å²) in [4.78, 5) is 36.9. The van der Waals surface area contributed by atoms with Crippen LogP contribution in [0.5, 0.6) is 0 Å². The molecular formula is C27H34N2O5. The zero-order chi connectivity index (χ0) is 25.0. The number of carbonyl (C=O) groups is 3. The number of carboxylic acid groups (broad SMARTS) is 1. The number of hydrogen-bond acceptors (Lipinski definition) is 4. The Morgan fingerprint density at radius 1 is 0.941 bits per heavy atom. The van der Waals surface area contributed by atoms with E-state index in [9.17, 15) is 19.5 Å². The van der Waals surface area contributed by atoms with Gasteiger partial charge in [0.15, 0.2) is 0 Å². The molecule has 3 rings (SSSR count). The lowest BCUT2D eigenvalue weighted by Crippen LogP contribution is -2.55. The largest absolute Gasteiger partial charge is 0.481 e. The van der Waals surface area contributed by atoms with Crippen molar-refractivity contribution in [3.63, 3.8) is 0 Å². The second kappa shape index (κ2) is 10.3. The Morgan fingerprint density at radius 3 is 1.94 bits per heavy atom. The van der Waals surface area contributed by atoms with E-state index in [-0.39, 0.29) is 24.9 Å². The highest BCUT2D eigenvalue weighted by Crippen LogP contribution is 2.44. The van der Waals surface area contributed by atoms with Gasteiger partial charge in [0.1, 0.15) is 12.6 Å². The lowest BCUT2D eigenvalue weighted by Gasteiger charge is -2.32. The molecule has 2 atom stereocenters. The molecular weight excluding hydrogens is 432 g/mol. The van der Waals surface area contributed by atoms with Crippen LogP contribution in [0.1, 0.15) is 58.1 Å². The van der Waals surface area contributed by atoms with Crippen LogP contribution in [0, 0.1) is 11.3 Å². The molecule has 0 bridgehead atoms. The van der Waals surface area contributed by atoms with E-state index in [1.165, 1.54) is 0 Å². The first-order valence-electron chi connectivity index (χ1n) is 11.6. The SMILES string of the molecule is CC(C)[C@@H](NC(=O)OCC1c2ccccc2-c2ccccc21)C(=O)NC(CC(=O)O)C(C)(C)C. The van der Waals surface area contributed by atoms with Crippen molar-refractivity contribution >= 4 is 18.0 Å². The molecule has 34 heavy (non-hydrogen) atoms. The van der Waals surface area contributed by atoms with Gasteiger partial charge in [-0.15, -0.1) is 0 Å². The minimum absolute atomic E-state index is 0.0784. The van der Waals surface area contributed by atoms with Crippen LogP contribution in [0.3, 0.4) is 0 Å². The van der Waals surface area contributed by atoms with E-state index in [0.29, 0.717) is 0 Å². The Morgan fingerprint density at radius 2 is 1.47 bits per heavy atom. The summed E-state index contributed by atoms with van der Waals surface area (Å²) >= 11 is 0. The number of amides is 2. The maximum atomic E-state index is 13.0. The molecule has 7 nitrogen and oxygen atoms in total. The van der Waals surface area contributed by atoms with Gasteiger partial charge in [-0.2, -0.15) is 0 Å². The highest BCUT2D eigenvalue weighted by molar-refractivity contribution is 5.86. The topological polar surface area (TPSA) is 105 Å². The van der Waals surface area contributed by atoms with Gasteiger partial charge in [-0.1, -0.05) is 83.1 Å². The number of benzene rings is 2. The van der Waals surface area contributed by atoms with E-state index in [1.54, 1.807) is 0 Å². The number of ether oxygens (including phenoxy) is 1.